The first kappa shape index (κ1) is 18.5. The molecule has 0 aliphatic rings. The van der Waals surface area contributed by atoms with Crippen LogP contribution in [0.25, 0.3) is 0 Å². The van der Waals surface area contributed by atoms with Gasteiger partial charge >= 0.3 is 0 Å². The van der Waals surface area contributed by atoms with E-state index in [0.717, 1.165) is 23.1 Å². The van der Waals surface area contributed by atoms with E-state index in [1.165, 1.54) is 0 Å². The summed E-state index contributed by atoms with van der Waals surface area (Å²) in [5, 5.41) is 12.8. The summed E-state index contributed by atoms with van der Waals surface area (Å²) in [5.74, 6) is 2.35. The Kier molecular flexibility index (Phi) is 5.33. The third-order valence-electron chi connectivity index (χ3n) is 3.79. The monoisotopic (exact) mass is 331 g/mol. The molecule has 5 nitrogen and oxygen atoms in total. The lowest BCUT2D eigenvalue weighted by Crippen LogP contribution is -2.23. The van der Waals surface area contributed by atoms with Crippen LogP contribution in [0.5, 0.6) is 0 Å². The molecule has 0 saturated heterocycles. The summed E-state index contributed by atoms with van der Waals surface area (Å²) in [5.41, 5.74) is 0.776. The Hall–Kier alpha value is -1.88. The Labute approximate surface area is 144 Å². The van der Waals surface area contributed by atoms with E-state index in [9.17, 15) is 5.11 Å². The summed E-state index contributed by atoms with van der Waals surface area (Å²) >= 11 is 0. The molecule has 2 rings (SSSR count). The first-order chi connectivity index (χ1) is 11.1. The van der Waals surface area contributed by atoms with Crippen molar-refractivity contribution in [1.29, 1.82) is 0 Å². The molecule has 24 heavy (non-hydrogen) atoms. The molecule has 1 atom stereocenters. The minimum Gasteiger partial charge on any atom is -0.467 e. The van der Waals surface area contributed by atoms with Crippen LogP contribution in [0.3, 0.4) is 0 Å². The van der Waals surface area contributed by atoms with E-state index in [2.05, 4.69) is 46.9 Å². The van der Waals surface area contributed by atoms with E-state index in [1.807, 2.05) is 18.2 Å². The standard InChI is InChI=1S/C19H29N3O2/c1-18(2,3)15-12-16(22-17(21-15)19(4,5)6)20-13(9-10-23)14-8-7-11-24-14/h7-8,11-13,23H,9-10H2,1-6H3,(H,20,21,22). The number of anilines is 1. The number of aromatic nitrogens is 2. The molecular weight excluding hydrogens is 302 g/mol. The van der Waals surface area contributed by atoms with Crippen molar-refractivity contribution >= 4 is 5.82 Å². The Morgan fingerprint density at radius 1 is 1.12 bits per heavy atom. The lowest BCUT2D eigenvalue weighted by atomic mass is 9.90. The van der Waals surface area contributed by atoms with E-state index in [4.69, 9.17) is 14.4 Å². The van der Waals surface area contributed by atoms with Gasteiger partial charge in [-0.1, -0.05) is 41.5 Å². The van der Waals surface area contributed by atoms with Crippen molar-refractivity contribution in [1.82, 2.24) is 9.97 Å². The number of nitrogens with zero attached hydrogens (tertiary/aromatic N) is 2. The van der Waals surface area contributed by atoms with Gasteiger partial charge in [0, 0.05) is 23.5 Å². The average molecular weight is 331 g/mol. The highest BCUT2D eigenvalue weighted by molar-refractivity contribution is 5.41. The van der Waals surface area contributed by atoms with Crippen LogP contribution in [0.2, 0.25) is 0 Å². The minimum absolute atomic E-state index is 0.0711. The zero-order chi connectivity index (χ0) is 18.0. The maximum atomic E-state index is 9.37. The van der Waals surface area contributed by atoms with Crippen LogP contribution in [-0.2, 0) is 10.8 Å². The van der Waals surface area contributed by atoms with Crippen LogP contribution in [-0.4, -0.2) is 21.7 Å². The summed E-state index contributed by atoms with van der Waals surface area (Å²) in [6, 6.07) is 5.62. The van der Waals surface area contributed by atoms with Gasteiger partial charge in [-0.05, 0) is 18.6 Å². The maximum absolute atomic E-state index is 9.37. The highest BCUT2D eigenvalue weighted by Crippen LogP contribution is 2.29. The second kappa shape index (κ2) is 6.93. The van der Waals surface area contributed by atoms with Crippen LogP contribution in [0.4, 0.5) is 5.82 Å². The molecule has 0 spiro atoms. The smallest absolute Gasteiger partial charge is 0.136 e. The third-order valence-corrected chi connectivity index (χ3v) is 3.79. The average Bonchev–Trinajstić information content (AvgIpc) is 2.99. The van der Waals surface area contributed by atoms with Crippen LogP contribution in [0.1, 0.15) is 71.3 Å². The summed E-state index contributed by atoms with van der Waals surface area (Å²) < 4.78 is 5.50. The van der Waals surface area contributed by atoms with Crippen LogP contribution >= 0.6 is 0 Å². The fourth-order valence-electron chi connectivity index (χ4n) is 2.32. The number of aliphatic hydroxyl groups excluding tert-OH is 1. The summed E-state index contributed by atoms with van der Waals surface area (Å²) in [4.78, 5) is 9.47. The van der Waals surface area contributed by atoms with E-state index < -0.39 is 0 Å². The molecule has 2 aromatic rings. The molecule has 0 saturated carbocycles. The SMILES string of the molecule is CC(C)(C)c1cc(NC(CCO)c2ccco2)nc(C(C)(C)C)n1. The van der Waals surface area contributed by atoms with Crippen molar-refractivity contribution in [2.24, 2.45) is 0 Å². The molecule has 5 heteroatoms. The van der Waals surface area contributed by atoms with Crippen LogP contribution in [0.15, 0.2) is 28.9 Å². The quantitative estimate of drug-likeness (QED) is 0.859. The zero-order valence-electron chi connectivity index (χ0n) is 15.6. The van der Waals surface area contributed by atoms with E-state index in [0.29, 0.717) is 6.42 Å². The molecule has 2 heterocycles. The van der Waals surface area contributed by atoms with E-state index in [-0.39, 0.29) is 23.5 Å². The van der Waals surface area contributed by atoms with Gasteiger partial charge in [0.15, 0.2) is 0 Å². The van der Waals surface area contributed by atoms with Gasteiger partial charge in [-0.3, -0.25) is 0 Å². The minimum atomic E-state index is -0.144. The van der Waals surface area contributed by atoms with Crippen molar-refractivity contribution < 1.29 is 9.52 Å². The molecule has 2 aromatic heterocycles. The Morgan fingerprint density at radius 3 is 2.33 bits per heavy atom. The molecule has 0 aliphatic carbocycles. The molecular formula is C19H29N3O2. The molecule has 0 aliphatic heterocycles. The zero-order valence-corrected chi connectivity index (χ0v) is 15.6. The second-order valence-electron chi connectivity index (χ2n) is 8.19. The fourth-order valence-corrected chi connectivity index (χ4v) is 2.32. The van der Waals surface area contributed by atoms with Crippen molar-refractivity contribution in [3.05, 3.63) is 41.7 Å². The molecule has 0 fully saturated rings. The second-order valence-corrected chi connectivity index (χ2v) is 8.19. The molecule has 0 aromatic carbocycles. The van der Waals surface area contributed by atoms with Gasteiger partial charge in [0.05, 0.1) is 18.0 Å². The predicted octanol–water partition coefficient (Wildman–Crippen LogP) is 4.20. The Bertz CT molecular complexity index is 620. The molecule has 2 N–H and O–H groups in total. The number of hydrogen-bond donors (Lipinski definition) is 2. The lowest BCUT2D eigenvalue weighted by Gasteiger charge is -2.25. The molecule has 1 unspecified atom stereocenters. The molecule has 0 bridgehead atoms. The number of nitrogens with one attached hydrogen (secondary N) is 1. The van der Waals surface area contributed by atoms with Gasteiger partial charge in [-0.25, -0.2) is 9.97 Å². The van der Waals surface area contributed by atoms with Crippen molar-refractivity contribution in [3.63, 3.8) is 0 Å². The summed E-state index contributed by atoms with van der Waals surface area (Å²) in [7, 11) is 0. The van der Waals surface area contributed by atoms with Gasteiger partial charge in [-0.15, -0.1) is 0 Å². The van der Waals surface area contributed by atoms with Crippen molar-refractivity contribution in [2.75, 3.05) is 11.9 Å². The van der Waals surface area contributed by atoms with Gasteiger partial charge in [0.25, 0.3) is 0 Å². The van der Waals surface area contributed by atoms with Crippen LogP contribution < -0.4 is 5.32 Å². The number of hydrogen-bond acceptors (Lipinski definition) is 5. The Balaban J connectivity index is 2.41. The highest BCUT2D eigenvalue weighted by atomic mass is 16.3. The summed E-state index contributed by atoms with van der Waals surface area (Å²) in [6.07, 6.45) is 2.19. The largest absolute Gasteiger partial charge is 0.467 e. The van der Waals surface area contributed by atoms with Gasteiger partial charge in [0.2, 0.25) is 0 Å². The maximum Gasteiger partial charge on any atom is 0.136 e. The van der Waals surface area contributed by atoms with Crippen LogP contribution in [0, 0.1) is 0 Å². The van der Waals surface area contributed by atoms with Crippen molar-refractivity contribution in [2.45, 2.75) is 64.8 Å². The van der Waals surface area contributed by atoms with Crippen molar-refractivity contribution in [3.8, 4) is 0 Å². The van der Waals surface area contributed by atoms with Gasteiger partial charge in [-0.2, -0.15) is 0 Å². The molecule has 0 radical (unpaired) electrons. The normalized spacial score (nSPS) is 13.8. The third kappa shape index (κ3) is 4.57. The van der Waals surface area contributed by atoms with Gasteiger partial charge in [0.1, 0.15) is 17.4 Å². The number of aliphatic hydroxyl groups is 1. The highest BCUT2D eigenvalue weighted by Gasteiger charge is 2.24. The first-order valence-corrected chi connectivity index (χ1v) is 8.42. The van der Waals surface area contributed by atoms with E-state index >= 15 is 0 Å². The Morgan fingerprint density at radius 2 is 1.83 bits per heavy atom. The summed E-state index contributed by atoms with van der Waals surface area (Å²) in [6.45, 7) is 12.8. The number of furan rings is 1. The lowest BCUT2D eigenvalue weighted by molar-refractivity contribution is 0.273. The number of rotatable bonds is 5. The van der Waals surface area contributed by atoms with E-state index in [1.54, 1.807) is 6.26 Å². The molecule has 0 amide bonds. The first-order valence-electron chi connectivity index (χ1n) is 8.42. The fraction of sp³-hybridized carbons (Fsp3) is 0.579. The molecule has 132 valence electrons. The van der Waals surface area contributed by atoms with Gasteiger partial charge < -0.3 is 14.8 Å². The topological polar surface area (TPSA) is 71.2 Å². The predicted molar refractivity (Wildman–Crippen MR) is 96.2 cm³/mol.